The Balaban J connectivity index is 1.56. The Bertz CT molecular complexity index is 429. The zero-order valence-corrected chi connectivity index (χ0v) is 12.7. The smallest absolute Gasteiger partial charge is 0.261 e. The van der Waals surface area contributed by atoms with Gasteiger partial charge < -0.3 is 10.6 Å². The summed E-state index contributed by atoms with van der Waals surface area (Å²) in [5.74, 6) is 2.99. The number of carbonyl (C=O) groups is 1. The van der Waals surface area contributed by atoms with Gasteiger partial charge in [-0.2, -0.15) is 11.8 Å². The van der Waals surface area contributed by atoms with Gasteiger partial charge in [0.15, 0.2) is 0 Å². The number of carbonyl (C=O) groups excluding carboxylic acids is 1. The van der Waals surface area contributed by atoms with E-state index < -0.39 is 0 Å². The molecule has 0 spiro atoms. The molecule has 0 bridgehead atoms. The molecule has 19 heavy (non-hydrogen) atoms. The molecule has 1 atom stereocenters. The van der Waals surface area contributed by atoms with Crippen LogP contribution in [0, 0.1) is 5.92 Å². The van der Waals surface area contributed by atoms with Crippen molar-refractivity contribution in [2.24, 2.45) is 5.92 Å². The number of piperidine rings is 1. The van der Waals surface area contributed by atoms with Crippen molar-refractivity contribution in [3.05, 3.63) is 21.4 Å². The first-order valence-electron chi connectivity index (χ1n) is 7.01. The molecule has 3 rings (SSSR count). The summed E-state index contributed by atoms with van der Waals surface area (Å²) in [5, 5.41) is 6.49. The van der Waals surface area contributed by atoms with Crippen molar-refractivity contribution in [2.75, 3.05) is 25.4 Å². The van der Waals surface area contributed by atoms with Crippen molar-refractivity contribution in [1.29, 1.82) is 0 Å². The number of hydrogen-bond donors (Lipinski definition) is 2. The van der Waals surface area contributed by atoms with Crippen LogP contribution in [0.5, 0.6) is 0 Å². The Kier molecular flexibility index (Phi) is 4.45. The lowest BCUT2D eigenvalue weighted by Crippen LogP contribution is -2.37. The largest absolute Gasteiger partial charge is 0.351 e. The molecule has 0 aliphatic carbocycles. The average Bonchev–Trinajstić information content (AvgIpc) is 2.90. The van der Waals surface area contributed by atoms with Crippen molar-refractivity contribution in [1.82, 2.24) is 10.6 Å². The standard InChI is InChI=1S/C14H20N2OS2/c17-14(16-8-10-2-1-4-15-7-10)13-6-11-9-18-5-3-12(11)19-13/h6,10,15H,1-5,7-9H2,(H,16,17). The maximum Gasteiger partial charge on any atom is 0.261 e. The van der Waals surface area contributed by atoms with Crippen molar-refractivity contribution < 1.29 is 4.79 Å². The first-order chi connectivity index (χ1) is 9.33. The first-order valence-corrected chi connectivity index (χ1v) is 8.98. The Morgan fingerprint density at radius 2 is 2.47 bits per heavy atom. The second kappa shape index (κ2) is 6.29. The van der Waals surface area contributed by atoms with Gasteiger partial charge in [-0.15, -0.1) is 11.3 Å². The summed E-state index contributed by atoms with van der Waals surface area (Å²) < 4.78 is 0. The molecule has 1 fully saturated rings. The lowest BCUT2D eigenvalue weighted by Gasteiger charge is -2.22. The van der Waals surface area contributed by atoms with Crippen LogP contribution in [0.15, 0.2) is 6.07 Å². The van der Waals surface area contributed by atoms with Crippen LogP contribution in [0.1, 0.15) is 33.0 Å². The molecule has 1 unspecified atom stereocenters. The Morgan fingerprint density at radius 3 is 3.26 bits per heavy atom. The molecule has 1 saturated heterocycles. The van der Waals surface area contributed by atoms with Gasteiger partial charge in [0.25, 0.3) is 5.91 Å². The van der Waals surface area contributed by atoms with E-state index in [0.29, 0.717) is 5.92 Å². The molecule has 2 N–H and O–H groups in total. The van der Waals surface area contributed by atoms with Gasteiger partial charge in [-0.05, 0) is 55.7 Å². The van der Waals surface area contributed by atoms with E-state index in [4.69, 9.17) is 0 Å². The fourth-order valence-corrected chi connectivity index (χ4v) is 4.97. The predicted molar refractivity (Wildman–Crippen MR) is 82.1 cm³/mol. The molecule has 0 saturated carbocycles. The van der Waals surface area contributed by atoms with Crippen molar-refractivity contribution in [3.63, 3.8) is 0 Å². The van der Waals surface area contributed by atoms with Crippen LogP contribution >= 0.6 is 23.1 Å². The van der Waals surface area contributed by atoms with Gasteiger partial charge in [0.2, 0.25) is 0 Å². The monoisotopic (exact) mass is 296 g/mol. The van der Waals surface area contributed by atoms with E-state index in [0.717, 1.165) is 36.7 Å². The van der Waals surface area contributed by atoms with Crippen LogP contribution in [0.25, 0.3) is 0 Å². The van der Waals surface area contributed by atoms with Gasteiger partial charge >= 0.3 is 0 Å². The SMILES string of the molecule is O=C(NCC1CCCNC1)c1cc2c(s1)CCSC2. The average molecular weight is 296 g/mol. The second-order valence-electron chi connectivity index (χ2n) is 5.28. The van der Waals surface area contributed by atoms with E-state index >= 15 is 0 Å². The zero-order chi connectivity index (χ0) is 13.1. The summed E-state index contributed by atoms with van der Waals surface area (Å²) in [5.41, 5.74) is 1.38. The summed E-state index contributed by atoms with van der Waals surface area (Å²) in [6, 6.07) is 2.10. The quantitative estimate of drug-likeness (QED) is 0.899. The number of aryl methyl sites for hydroxylation is 1. The van der Waals surface area contributed by atoms with Gasteiger partial charge in [-0.1, -0.05) is 0 Å². The molecule has 3 heterocycles. The summed E-state index contributed by atoms with van der Waals surface area (Å²) in [6.07, 6.45) is 3.58. The van der Waals surface area contributed by atoms with Gasteiger partial charge in [-0.25, -0.2) is 0 Å². The number of rotatable bonds is 3. The van der Waals surface area contributed by atoms with Crippen molar-refractivity contribution >= 4 is 29.0 Å². The number of thiophene rings is 1. The maximum absolute atomic E-state index is 12.2. The van der Waals surface area contributed by atoms with Gasteiger partial charge in [0, 0.05) is 17.2 Å². The molecule has 1 aromatic rings. The van der Waals surface area contributed by atoms with Crippen LogP contribution in [-0.4, -0.2) is 31.3 Å². The molecule has 1 amide bonds. The van der Waals surface area contributed by atoms with E-state index in [1.165, 1.54) is 29.0 Å². The molecule has 104 valence electrons. The van der Waals surface area contributed by atoms with Gasteiger partial charge in [0.05, 0.1) is 4.88 Å². The fraction of sp³-hybridized carbons (Fsp3) is 0.643. The minimum absolute atomic E-state index is 0.120. The molecule has 2 aliphatic rings. The highest BCUT2D eigenvalue weighted by molar-refractivity contribution is 7.98. The number of fused-ring (bicyclic) bond motifs is 1. The minimum atomic E-state index is 0.120. The lowest BCUT2D eigenvalue weighted by molar-refractivity contribution is 0.0949. The summed E-state index contributed by atoms with van der Waals surface area (Å²) in [4.78, 5) is 14.5. The van der Waals surface area contributed by atoms with Crippen LogP contribution in [-0.2, 0) is 12.2 Å². The maximum atomic E-state index is 12.2. The Morgan fingerprint density at radius 1 is 1.53 bits per heavy atom. The van der Waals surface area contributed by atoms with E-state index in [1.807, 2.05) is 11.8 Å². The van der Waals surface area contributed by atoms with Crippen LogP contribution in [0.2, 0.25) is 0 Å². The Hall–Kier alpha value is -0.520. The highest BCUT2D eigenvalue weighted by atomic mass is 32.2. The zero-order valence-electron chi connectivity index (χ0n) is 11.0. The molecule has 0 aromatic carbocycles. The number of hydrogen-bond acceptors (Lipinski definition) is 4. The number of amides is 1. The molecular formula is C14H20N2OS2. The van der Waals surface area contributed by atoms with Gasteiger partial charge in [0.1, 0.15) is 0 Å². The molecular weight excluding hydrogens is 276 g/mol. The highest BCUT2D eigenvalue weighted by Gasteiger charge is 2.19. The molecule has 0 radical (unpaired) electrons. The molecule has 1 aromatic heterocycles. The van der Waals surface area contributed by atoms with E-state index in [9.17, 15) is 4.79 Å². The third-order valence-corrected chi connectivity index (χ3v) is 6.05. The molecule has 3 nitrogen and oxygen atoms in total. The lowest BCUT2D eigenvalue weighted by atomic mass is 10.00. The number of thioether (sulfide) groups is 1. The summed E-state index contributed by atoms with van der Waals surface area (Å²) in [7, 11) is 0. The van der Waals surface area contributed by atoms with Crippen LogP contribution in [0.4, 0.5) is 0 Å². The first kappa shape index (κ1) is 13.5. The van der Waals surface area contributed by atoms with E-state index in [2.05, 4.69) is 16.7 Å². The minimum Gasteiger partial charge on any atom is -0.351 e. The number of nitrogens with one attached hydrogen (secondary N) is 2. The van der Waals surface area contributed by atoms with Crippen LogP contribution in [0.3, 0.4) is 0 Å². The van der Waals surface area contributed by atoms with E-state index in [1.54, 1.807) is 11.3 Å². The Labute approximate surface area is 122 Å². The van der Waals surface area contributed by atoms with E-state index in [-0.39, 0.29) is 5.91 Å². The van der Waals surface area contributed by atoms with Crippen LogP contribution < -0.4 is 10.6 Å². The summed E-state index contributed by atoms with van der Waals surface area (Å²) in [6.45, 7) is 2.97. The highest BCUT2D eigenvalue weighted by Crippen LogP contribution is 2.31. The topological polar surface area (TPSA) is 41.1 Å². The second-order valence-corrected chi connectivity index (χ2v) is 7.53. The predicted octanol–water partition coefficient (Wildman–Crippen LogP) is 2.27. The van der Waals surface area contributed by atoms with Crippen molar-refractivity contribution in [2.45, 2.75) is 25.0 Å². The third kappa shape index (κ3) is 3.33. The summed E-state index contributed by atoms with van der Waals surface area (Å²) >= 11 is 3.65. The molecule has 2 aliphatic heterocycles. The third-order valence-electron chi connectivity index (χ3n) is 3.80. The fourth-order valence-electron chi connectivity index (χ4n) is 2.68. The normalized spacial score (nSPS) is 22.8. The van der Waals surface area contributed by atoms with Gasteiger partial charge in [-0.3, -0.25) is 4.79 Å². The van der Waals surface area contributed by atoms with Crippen molar-refractivity contribution in [3.8, 4) is 0 Å². The molecule has 5 heteroatoms.